The Morgan fingerprint density at radius 1 is 1.13 bits per heavy atom. The Labute approximate surface area is 179 Å². The lowest BCUT2D eigenvalue weighted by molar-refractivity contribution is -0.121. The molecule has 8 heteroatoms. The zero-order valence-corrected chi connectivity index (χ0v) is 17.5. The topological polar surface area (TPSA) is 80.1 Å². The Bertz CT molecular complexity index is 1130. The lowest BCUT2D eigenvalue weighted by Gasteiger charge is -2.32. The number of carbonyl (C=O) groups is 2. The fraction of sp³-hybridized carbons (Fsp3) is 0.304. The summed E-state index contributed by atoms with van der Waals surface area (Å²) in [5.41, 5.74) is 2.08. The van der Waals surface area contributed by atoms with Crippen molar-refractivity contribution in [3.8, 4) is 5.69 Å². The highest BCUT2D eigenvalue weighted by molar-refractivity contribution is 5.96. The number of nitrogens with zero attached hydrogens (tertiary/aromatic N) is 4. The van der Waals surface area contributed by atoms with Gasteiger partial charge < -0.3 is 10.2 Å². The molecule has 0 spiro atoms. The minimum Gasteiger partial charge on any atom is -0.338 e. The van der Waals surface area contributed by atoms with E-state index in [9.17, 15) is 14.0 Å². The molecule has 1 N–H and O–H groups in total. The fourth-order valence-corrected chi connectivity index (χ4v) is 3.87. The maximum absolute atomic E-state index is 14.2. The van der Waals surface area contributed by atoms with Crippen LogP contribution >= 0.6 is 0 Å². The summed E-state index contributed by atoms with van der Waals surface area (Å²) in [5, 5.41) is 7.07. The summed E-state index contributed by atoms with van der Waals surface area (Å²) in [5.74, 6) is -0.565. The molecule has 3 heterocycles. The number of rotatable bonds is 4. The lowest BCUT2D eigenvalue weighted by atomic mass is 9.96. The minimum atomic E-state index is -0.410. The first-order valence-electron chi connectivity index (χ1n) is 10.3. The highest BCUT2D eigenvalue weighted by Crippen LogP contribution is 2.23. The summed E-state index contributed by atoms with van der Waals surface area (Å²) in [6.45, 7) is 4.49. The van der Waals surface area contributed by atoms with Crippen molar-refractivity contribution in [3.63, 3.8) is 0 Å². The molecule has 1 fully saturated rings. The molecule has 2 amide bonds. The van der Waals surface area contributed by atoms with E-state index in [4.69, 9.17) is 0 Å². The molecule has 1 atom stereocenters. The largest absolute Gasteiger partial charge is 0.338 e. The van der Waals surface area contributed by atoms with Crippen LogP contribution in [0.15, 0.2) is 48.7 Å². The molecule has 4 rings (SSSR count). The predicted octanol–water partition coefficient (Wildman–Crippen LogP) is 3.51. The van der Waals surface area contributed by atoms with Gasteiger partial charge in [0, 0.05) is 18.8 Å². The van der Waals surface area contributed by atoms with Crippen molar-refractivity contribution in [2.45, 2.75) is 26.7 Å². The van der Waals surface area contributed by atoms with Crippen molar-refractivity contribution in [1.82, 2.24) is 19.7 Å². The monoisotopic (exact) mass is 421 g/mol. The van der Waals surface area contributed by atoms with Crippen LogP contribution in [-0.2, 0) is 4.79 Å². The Balaban J connectivity index is 1.48. The van der Waals surface area contributed by atoms with E-state index in [0.717, 1.165) is 12.1 Å². The number of aryl methyl sites for hydroxylation is 1. The van der Waals surface area contributed by atoms with E-state index in [2.05, 4.69) is 15.4 Å². The molecule has 31 heavy (non-hydrogen) atoms. The van der Waals surface area contributed by atoms with Gasteiger partial charge >= 0.3 is 0 Å². The quantitative estimate of drug-likeness (QED) is 0.699. The number of hydrogen-bond acceptors (Lipinski definition) is 4. The van der Waals surface area contributed by atoms with Gasteiger partial charge in [0.15, 0.2) is 0 Å². The number of pyridine rings is 1. The maximum Gasteiger partial charge on any atom is 0.257 e. The highest BCUT2D eigenvalue weighted by atomic mass is 19.1. The second kappa shape index (κ2) is 8.67. The molecule has 1 saturated heterocycles. The van der Waals surface area contributed by atoms with Gasteiger partial charge in [0.1, 0.15) is 17.3 Å². The first-order valence-corrected chi connectivity index (χ1v) is 10.3. The van der Waals surface area contributed by atoms with Crippen LogP contribution in [0.4, 0.5) is 10.2 Å². The summed E-state index contributed by atoms with van der Waals surface area (Å²) in [6, 6.07) is 11.7. The molecule has 1 aliphatic heterocycles. The summed E-state index contributed by atoms with van der Waals surface area (Å²) >= 11 is 0. The van der Waals surface area contributed by atoms with Gasteiger partial charge in [-0.05, 0) is 51.0 Å². The van der Waals surface area contributed by atoms with Crippen LogP contribution in [0.3, 0.4) is 0 Å². The number of piperidine rings is 1. The molecular formula is C23H24FN5O2. The third kappa shape index (κ3) is 4.33. The summed E-state index contributed by atoms with van der Waals surface area (Å²) in [4.78, 5) is 31.9. The summed E-state index contributed by atoms with van der Waals surface area (Å²) in [6.07, 6.45) is 2.89. The van der Waals surface area contributed by atoms with E-state index >= 15 is 0 Å². The average molecular weight is 421 g/mol. The second-order valence-electron chi connectivity index (χ2n) is 7.75. The van der Waals surface area contributed by atoms with Gasteiger partial charge in [-0.25, -0.2) is 14.1 Å². The number of carbonyl (C=O) groups excluding carboxylic acids is 2. The van der Waals surface area contributed by atoms with Crippen molar-refractivity contribution >= 4 is 17.6 Å². The number of aromatic nitrogens is 3. The number of amides is 2. The Hall–Kier alpha value is -3.55. The van der Waals surface area contributed by atoms with Gasteiger partial charge in [0.2, 0.25) is 5.91 Å². The van der Waals surface area contributed by atoms with Crippen LogP contribution in [-0.4, -0.2) is 44.6 Å². The van der Waals surface area contributed by atoms with E-state index in [-0.39, 0.29) is 17.7 Å². The van der Waals surface area contributed by atoms with E-state index in [0.29, 0.717) is 42.3 Å². The molecule has 3 aromatic rings. The number of para-hydroxylation sites is 1. The molecule has 7 nitrogen and oxygen atoms in total. The van der Waals surface area contributed by atoms with Crippen LogP contribution in [0.25, 0.3) is 5.69 Å². The zero-order valence-electron chi connectivity index (χ0n) is 17.5. The molecule has 160 valence electrons. The van der Waals surface area contributed by atoms with Crippen LogP contribution in [0, 0.1) is 25.6 Å². The third-order valence-electron chi connectivity index (χ3n) is 5.54. The highest BCUT2D eigenvalue weighted by Gasteiger charge is 2.30. The van der Waals surface area contributed by atoms with Gasteiger partial charge in [-0.15, -0.1) is 0 Å². The zero-order chi connectivity index (χ0) is 22.0. The Kier molecular flexibility index (Phi) is 5.79. The van der Waals surface area contributed by atoms with Crippen LogP contribution in [0.2, 0.25) is 0 Å². The Morgan fingerprint density at radius 2 is 1.94 bits per heavy atom. The number of likely N-dealkylation sites (tertiary alicyclic amines) is 1. The standard InChI is InChI=1S/C23H24FN5O2/c1-15-7-5-11-21(26-15)27-22(30)17-8-6-12-28(14-17)23(31)18-13-25-29(16(18)2)20-10-4-3-9-19(20)24/h3-5,7,9-11,13,17H,6,8,12,14H2,1-2H3,(H,26,27,30). The van der Waals surface area contributed by atoms with Gasteiger partial charge in [0.05, 0.1) is 23.4 Å². The van der Waals surface area contributed by atoms with Crippen molar-refractivity contribution in [3.05, 3.63) is 71.4 Å². The first-order chi connectivity index (χ1) is 14.9. The summed E-state index contributed by atoms with van der Waals surface area (Å²) in [7, 11) is 0. The van der Waals surface area contributed by atoms with Crippen molar-refractivity contribution < 1.29 is 14.0 Å². The number of benzene rings is 1. The molecule has 1 aromatic carbocycles. The van der Waals surface area contributed by atoms with Gasteiger partial charge in [-0.3, -0.25) is 9.59 Å². The maximum atomic E-state index is 14.2. The average Bonchev–Trinajstić information content (AvgIpc) is 3.14. The number of halogens is 1. The predicted molar refractivity (Wildman–Crippen MR) is 114 cm³/mol. The molecular weight excluding hydrogens is 397 g/mol. The van der Waals surface area contributed by atoms with E-state index in [1.807, 2.05) is 19.1 Å². The van der Waals surface area contributed by atoms with E-state index in [1.54, 1.807) is 36.1 Å². The second-order valence-corrected chi connectivity index (χ2v) is 7.75. The van der Waals surface area contributed by atoms with E-state index < -0.39 is 5.82 Å². The fourth-order valence-electron chi connectivity index (χ4n) is 3.87. The SMILES string of the molecule is Cc1cccc(NC(=O)C2CCCN(C(=O)c3cnn(-c4ccccc4F)c3C)C2)n1. The van der Waals surface area contributed by atoms with Crippen LogP contribution in [0.5, 0.6) is 0 Å². The molecule has 0 bridgehead atoms. The van der Waals surface area contributed by atoms with Crippen LogP contribution in [0.1, 0.15) is 34.6 Å². The van der Waals surface area contributed by atoms with Crippen molar-refractivity contribution in [2.24, 2.45) is 5.92 Å². The normalized spacial score (nSPS) is 16.2. The van der Waals surface area contributed by atoms with Gasteiger partial charge in [0.25, 0.3) is 5.91 Å². The van der Waals surface area contributed by atoms with Crippen LogP contribution < -0.4 is 5.32 Å². The smallest absolute Gasteiger partial charge is 0.257 e. The molecule has 1 unspecified atom stereocenters. The van der Waals surface area contributed by atoms with E-state index in [1.165, 1.54) is 16.9 Å². The Morgan fingerprint density at radius 3 is 2.71 bits per heavy atom. The van der Waals surface area contributed by atoms with Crippen molar-refractivity contribution in [1.29, 1.82) is 0 Å². The lowest BCUT2D eigenvalue weighted by Crippen LogP contribution is -2.44. The molecule has 0 radical (unpaired) electrons. The third-order valence-corrected chi connectivity index (χ3v) is 5.54. The molecule has 0 aliphatic carbocycles. The number of nitrogens with one attached hydrogen (secondary N) is 1. The number of hydrogen-bond donors (Lipinski definition) is 1. The first kappa shape index (κ1) is 20.7. The molecule has 2 aromatic heterocycles. The molecule has 1 aliphatic rings. The van der Waals surface area contributed by atoms with Crippen molar-refractivity contribution in [2.75, 3.05) is 18.4 Å². The summed E-state index contributed by atoms with van der Waals surface area (Å²) < 4.78 is 15.6. The van der Waals surface area contributed by atoms with Gasteiger partial charge in [-0.1, -0.05) is 18.2 Å². The minimum absolute atomic E-state index is 0.144. The number of anilines is 1. The van der Waals surface area contributed by atoms with Gasteiger partial charge in [-0.2, -0.15) is 5.10 Å². The molecule has 0 saturated carbocycles.